The number of ether oxygens (including phenoxy) is 2. The molecule has 3 aliphatic rings. The van der Waals surface area contributed by atoms with E-state index >= 15 is 0 Å². The summed E-state index contributed by atoms with van der Waals surface area (Å²) < 4.78 is 10.8. The van der Waals surface area contributed by atoms with E-state index in [2.05, 4.69) is 40.6 Å². The molecule has 2 heterocycles. The van der Waals surface area contributed by atoms with Gasteiger partial charge in [0.2, 0.25) is 0 Å². The lowest BCUT2D eigenvalue weighted by atomic mass is 9.82. The predicted molar refractivity (Wildman–Crippen MR) is 156 cm³/mol. The van der Waals surface area contributed by atoms with Gasteiger partial charge < -0.3 is 14.4 Å². The summed E-state index contributed by atoms with van der Waals surface area (Å²) in [5.41, 5.74) is 7.55. The van der Waals surface area contributed by atoms with E-state index < -0.39 is 0 Å². The van der Waals surface area contributed by atoms with Crippen molar-refractivity contribution in [2.24, 2.45) is 4.99 Å². The quantitative estimate of drug-likeness (QED) is 0.238. The van der Waals surface area contributed by atoms with Gasteiger partial charge in [0, 0.05) is 23.1 Å². The molecule has 8 heteroatoms. The minimum atomic E-state index is -0.351. The van der Waals surface area contributed by atoms with Crippen molar-refractivity contribution in [1.82, 2.24) is 4.90 Å². The monoisotopic (exact) mass is 537 g/mol. The van der Waals surface area contributed by atoms with Crippen LogP contribution in [0.1, 0.15) is 42.0 Å². The number of benzene rings is 3. The largest absolute Gasteiger partial charge is 0.497 e. The van der Waals surface area contributed by atoms with Crippen LogP contribution in [0, 0.1) is 10.1 Å². The lowest BCUT2D eigenvalue weighted by molar-refractivity contribution is -0.384. The third kappa shape index (κ3) is 4.72. The van der Waals surface area contributed by atoms with Crippen LogP contribution in [0.3, 0.4) is 0 Å². The molecule has 0 N–H and O–H groups in total. The van der Waals surface area contributed by atoms with Crippen molar-refractivity contribution >= 4 is 34.4 Å². The van der Waals surface area contributed by atoms with Crippen LogP contribution < -0.4 is 9.47 Å². The van der Waals surface area contributed by atoms with Gasteiger partial charge >= 0.3 is 0 Å². The maximum Gasteiger partial charge on any atom is 0.270 e. The van der Waals surface area contributed by atoms with E-state index in [4.69, 9.17) is 14.5 Å². The molecule has 0 amide bonds. The summed E-state index contributed by atoms with van der Waals surface area (Å²) in [5.74, 6) is 1.63. The molecule has 196 valence electrons. The molecular weight excluding hydrogens is 510 g/mol. The van der Waals surface area contributed by atoms with Crippen molar-refractivity contribution in [3.8, 4) is 11.5 Å². The number of non-ortho nitro benzene ring substituents is 1. The van der Waals surface area contributed by atoms with Gasteiger partial charge in [-0.2, -0.15) is 0 Å². The van der Waals surface area contributed by atoms with E-state index in [-0.39, 0.29) is 16.7 Å². The number of aliphatic imine (C=N–C) groups is 1. The number of amidine groups is 1. The van der Waals surface area contributed by atoms with E-state index in [1.54, 1.807) is 38.1 Å². The van der Waals surface area contributed by atoms with Crippen molar-refractivity contribution in [3.63, 3.8) is 0 Å². The van der Waals surface area contributed by atoms with E-state index in [0.717, 1.165) is 64.0 Å². The average Bonchev–Trinajstić information content (AvgIpc) is 3.40. The average molecular weight is 538 g/mol. The molecule has 7 nitrogen and oxygen atoms in total. The fourth-order valence-corrected chi connectivity index (χ4v) is 6.32. The molecule has 0 spiro atoms. The molecule has 0 fully saturated rings. The molecule has 39 heavy (non-hydrogen) atoms. The molecule has 3 aromatic rings. The highest BCUT2D eigenvalue weighted by Gasteiger charge is 2.40. The Kier molecular flexibility index (Phi) is 6.70. The van der Waals surface area contributed by atoms with Gasteiger partial charge in [-0.3, -0.25) is 10.1 Å². The Morgan fingerprint density at radius 3 is 2.41 bits per heavy atom. The number of nitrogens with zero attached hydrogens (tertiary/aromatic N) is 3. The number of nitro groups is 1. The Balaban J connectivity index is 1.46. The van der Waals surface area contributed by atoms with Gasteiger partial charge in [0.15, 0.2) is 5.17 Å². The molecule has 0 radical (unpaired) electrons. The Bertz CT molecular complexity index is 1560. The molecule has 0 aromatic heterocycles. The Labute approximate surface area is 231 Å². The lowest BCUT2D eigenvalue weighted by Gasteiger charge is -2.40. The summed E-state index contributed by atoms with van der Waals surface area (Å²) >= 11 is 1.56. The van der Waals surface area contributed by atoms with Gasteiger partial charge in [-0.1, -0.05) is 48.2 Å². The smallest absolute Gasteiger partial charge is 0.270 e. The van der Waals surface area contributed by atoms with Gasteiger partial charge in [0.1, 0.15) is 11.5 Å². The van der Waals surface area contributed by atoms with Crippen LogP contribution in [0.25, 0.3) is 11.8 Å². The number of hydrogen-bond acceptors (Lipinski definition) is 7. The molecule has 2 aliphatic heterocycles. The normalized spacial score (nSPS) is 19.3. The van der Waals surface area contributed by atoms with E-state index in [0.29, 0.717) is 0 Å². The van der Waals surface area contributed by atoms with Crippen LogP contribution in [-0.4, -0.2) is 29.2 Å². The number of nitro benzene ring substituents is 1. The van der Waals surface area contributed by atoms with Crippen molar-refractivity contribution in [3.05, 3.63) is 122 Å². The fraction of sp³-hybridized carbons (Fsp3) is 0.194. The first kappa shape index (κ1) is 25.0. The number of hydrogen-bond donors (Lipinski definition) is 0. The first-order chi connectivity index (χ1) is 19.1. The van der Waals surface area contributed by atoms with Crippen LogP contribution in [0.4, 0.5) is 5.69 Å². The summed E-state index contributed by atoms with van der Waals surface area (Å²) in [6.45, 7) is 0. The third-order valence-corrected chi connectivity index (χ3v) is 8.12. The second-order valence-electron chi connectivity index (χ2n) is 9.54. The minimum absolute atomic E-state index is 0.0732. The van der Waals surface area contributed by atoms with Crippen LogP contribution in [-0.2, 0) is 0 Å². The molecule has 1 unspecified atom stereocenters. The highest BCUT2D eigenvalue weighted by atomic mass is 32.2. The standard InChI is InChI=1S/C31H27N3O4S/c1-37-25-13-9-20(10-14-25)17-23-6-4-8-27-29(23)32-31-33(30(27)21-11-15-26(38-2)16-12-21)28(19-39-31)22-5-3-7-24(18-22)34(35)36/h3,5,7,9-19,30H,4,6,8H2,1-2H3/b23-17+. The van der Waals surface area contributed by atoms with Gasteiger partial charge in [0.25, 0.3) is 5.69 Å². The van der Waals surface area contributed by atoms with Crippen molar-refractivity contribution in [1.29, 1.82) is 0 Å². The van der Waals surface area contributed by atoms with Crippen molar-refractivity contribution < 1.29 is 14.4 Å². The molecule has 6 rings (SSSR count). The van der Waals surface area contributed by atoms with Gasteiger partial charge in [-0.15, -0.1) is 0 Å². The maximum absolute atomic E-state index is 11.5. The summed E-state index contributed by atoms with van der Waals surface area (Å²) in [7, 11) is 3.34. The zero-order valence-electron chi connectivity index (χ0n) is 21.7. The van der Waals surface area contributed by atoms with Gasteiger partial charge in [-0.05, 0) is 71.9 Å². The summed E-state index contributed by atoms with van der Waals surface area (Å²) in [6.07, 6.45) is 5.13. The maximum atomic E-state index is 11.5. The minimum Gasteiger partial charge on any atom is -0.497 e. The number of rotatable bonds is 6. The number of allylic oxidation sites excluding steroid dienone is 1. The zero-order chi connectivity index (χ0) is 26.9. The lowest BCUT2D eigenvalue weighted by Crippen LogP contribution is -2.34. The molecule has 3 aromatic carbocycles. The topological polar surface area (TPSA) is 77.2 Å². The molecule has 1 atom stereocenters. The first-order valence-electron chi connectivity index (χ1n) is 12.8. The highest BCUT2D eigenvalue weighted by molar-refractivity contribution is 8.16. The Hall–Kier alpha value is -4.30. The number of fused-ring (bicyclic) bond motifs is 1. The van der Waals surface area contributed by atoms with Crippen molar-refractivity contribution in [2.75, 3.05) is 14.2 Å². The van der Waals surface area contributed by atoms with Crippen LogP contribution in [0.2, 0.25) is 0 Å². The molecular formula is C31H27N3O4S. The summed E-state index contributed by atoms with van der Waals surface area (Å²) in [5, 5.41) is 14.4. The summed E-state index contributed by atoms with van der Waals surface area (Å²) in [4.78, 5) is 18.6. The van der Waals surface area contributed by atoms with Gasteiger partial charge in [0.05, 0.1) is 36.6 Å². The van der Waals surface area contributed by atoms with Crippen LogP contribution >= 0.6 is 11.8 Å². The summed E-state index contributed by atoms with van der Waals surface area (Å²) in [6, 6.07) is 23.0. The second-order valence-corrected chi connectivity index (χ2v) is 10.4. The number of methoxy groups -OCH3 is 2. The SMILES string of the molecule is COc1ccc(/C=C2\CCCC3=C2N=C2SC=C(c4cccc([N+](=O)[O-])c4)N2C3c2ccc(OC)cc2)cc1. The van der Waals surface area contributed by atoms with Crippen LogP contribution in [0.15, 0.2) is 100 Å². The van der Waals surface area contributed by atoms with Crippen molar-refractivity contribution in [2.45, 2.75) is 25.3 Å². The predicted octanol–water partition coefficient (Wildman–Crippen LogP) is 7.59. The third-order valence-electron chi connectivity index (χ3n) is 7.28. The molecule has 1 aliphatic carbocycles. The number of thioether (sulfide) groups is 1. The van der Waals surface area contributed by atoms with E-state index in [9.17, 15) is 10.1 Å². The first-order valence-corrected chi connectivity index (χ1v) is 13.7. The molecule has 0 bridgehead atoms. The zero-order valence-corrected chi connectivity index (χ0v) is 22.5. The van der Waals surface area contributed by atoms with Crippen LogP contribution in [0.5, 0.6) is 11.5 Å². The van der Waals surface area contributed by atoms with Gasteiger partial charge in [-0.25, -0.2) is 4.99 Å². The second kappa shape index (κ2) is 10.5. The molecule has 0 saturated carbocycles. The van der Waals surface area contributed by atoms with E-state index in [1.165, 1.54) is 17.2 Å². The Morgan fingerprint density at radius 2 is 1.72 bits per heavy atom. The highest BCUT2D eigenvalue weighted by Crippen LogP contribution is 2.51. The van der Waals surface area contributed by atoms with E-state index in [1.807, 2.05) is 30.3 Å². The fourth-order valence-electron chi connectivity index (χ4n) is 5.39. The molecule has 0 saturated heterocycles. The Morgan fingerprint density at radius 1 is 1.00 bits per heavy atom.